The van der Waals surface area contributed by atoms with E-state index in [1.54, 1.807) is 12.5 Å². The lowest BCUT2D eigenvalue weighted by Crippen LogP contribution is -2.09. The summed E-state index contributed by atoms with van der Waals surface area (Å²) in [7, 11) is 0. The summed E-state index contributed by atoms with van der Waals surface area (Å²) < 4.78 is 0. The summed E-state index contributed by atoms with van der Waals surface area (Å²) in [4.78, 5) is 16.5. The molecule has 0 aliphatic rings. The van der Waals surface area contributed by atoms with Crippen molar-refractivity contribution in [2.75, 3.05) is 0 Å². The normalized spacial score (nSPS) is 8.81. The van der Waals surface area contributed by atoms with Gasteiger partial charge in [-0.3, -0.25) is 4.79 Å². The zero-order valence-electron chi connectivity index (χ0n) is 9.18. The van der Waals surface area contributed by atoms with E-state index >= 15 is 0 Å². The van der Waals surface area contributed by atoms with Crippen LogP contribution in [0.25, 0.3) is 0 Å². The van der Waals surface area contributed by atoms with E-state index in [0.29, 0.717) is 13.0 Å². The summed E-state index contributed by atoms with van der Waals surface area (Å²) in [6, 6.07) is 9.78. The fraction of sp³-hybridized carbons (Fsp3) is 0.167. The molecular weight excluding hydrogens is 202 g/mol. The van der Waals surface area contributed by atoms with E-state index in [4.69, 9.17) is 0 Å². The molecule has 4 heteroatoms. The van der Waals surface area contributed by atoms with Gasteiger partial charge in [0.2, 0.25) is 6.41 Å². The molecule has 2 aromatic rings. The molecule has 1 aromatic heterocycles. The highest BCUT2D eigenvalue weighted by atomic mass is 16.1. The third-order valence-electron chi connectivity index (χ3n) is 1.87. The van der Waals surface area contributed by atoms with Gasteiger partial charge in [0, 0.05) is 18.4 Å². The summed E-state index contributed by atoms with van der Waals surface area (Å²) >= 11 is 0. The minimum atomic E-state index is 0.615. The molecule has 0 spiro atoms. The van der Waals surface area contributed by atoms with Crippen LogP contribution in [0.2, 0.25) is 0 Å². The van der Waals surface area contributed by atoms with Crippen LogP contribution in [0.4, 0.5) is 0 Å². The van der Waals surface area contributed by atoms with Gasteiger partial charge in [0.25, 0.3) is 0 Å². The quantitative estimate of drug-likeness (QED) is 0.768. The number of aromatic nitrogens is 2. The van der Waals surface area contributed by atoms with E-state index in [-0.39, 0.29) is 0 Å². The average Bonchev–Trinajstić information content (AvgIpc) is 2.80. The Morgan fingerprint density at radius 1 is 1.38 bits per heavy atom. The van der Waals surface area contributed by atoms with Crippen molar-refractivity contribution in [2.45, 2.75) is 13.5 Å². The molecule has 0 saturated carbocycles. The molecule has 1 heterocycles. The Kier molecular flexibility index (Phi) is 5.41. The number of rotatable bonds is 3. The second-order valence-corrected chi connectivity index (χ2v) is 3.22. The molecule has 0 saturated heterocycles. The SMILES string of the molecule is Cc1cnc[nH]1.O=CNCc1ccccc1. The van der Waals surface area contributed by atoms with Crippen LogP contribution >= 0.6 is 0 Å². The summed E-state index contributed by atoms with van der Waals surface area (Å²) in [5, 5.41) is 2.58. The number of benzene rings is 1. The highest BCUT2D eigenvalue weighted by Crippen LogP contribution is 1.95. The molecule has 0 aliphatic carbocycles. The van der Waals surface area contributed by atoms with Gasteiger partial charge in [-0.25, -0.2) is 4.98 Å². The molecule has 0 radical (unpaired) electrons. The van der Waals surface area contributed by atoms with Gasteiger partial charge in [-0.1, -0.05) is 30.3 Å². The van der Waals surface area contributed by atoms with E-state index in [0.717, 1.165) is 11.3 Å². The largest absolute Gasteiger partial charge is 0.355 e. The van der Waals surface area contributed by atoms with Crippen molar-refractivity contribution in [1.29, 1.82) is 0 Å². The molecule has 16 heavy (non-hydrogen) atoms. The van der Waals surface area contributed by atoms with Gasteiger partial charge in [-0.15, -0.1) is 0 Å². The number of aryl methyl sites for hydroxylation is 1. The number of carbonyl (C=O) groups is 1. The molecule has 2 rings (SSSR count). The maximum Gasteiger partial charge on any atom is 0.207 e. The summed E-state index contributed by atoms with van der Waals surface area (Å²) in [6.45, 7) is 2.58. The maximum absolute atomic E-state index is 9.87. The van der Waals surface area contributed by atoms with Gasteiger partial charge in [-0.05, 0) is 12.5 Å². The van der Waals surface area contributed by atoms with E-state index < -0.39 is 0 Å². The highest BCUT2D eigenvalue weighted by Gasteiger charge is 1.85. The van der Waals surface area contributed by atoms with Crippen molar-refractivity contribution in [3.05, 3.63) is 54.1 Å². The lowest BCUT2D eigenvalue weighted by molar-refractivity contribution is -0.109. The molecule has 0 bridgehead atoms. The van der Waals surface area contributed by atoms with Crippen molar-refractivity contribution in [1.82, 2.24) is 15.3 Å². The van der Waals surface area contributed by atoms with E-state index in [1.807, 2.05) is 37.3 Å². The molecular formula is C12H15N3O. The Balaban J connectivity index is 0.000000181. The number of nitrogens with one attached hydrogen (secondary N) is 2. The van der Waals surface area contributed by atoms with Crippen molar-refractivity contribution >= 4 is 6.41 Å². The number of aromatic amines is 1. The fourth-order valence-electron chi connectivity index (χ4n) is 1.08. The van der Waals surface area contributed by atoms with Gasteiger partial charge in [0.1, 0.15) is 0 Å². The van der Waals surface area contributed by atoms with Crippen molar-refractivity contribution in [3.8, 4) is 0 Å². The first-order valence-corrected chi connectivity index (χ1v) is 4.99. The summed E-state index contributed by atoms with van der Waals surface area (Å²) in [6.07, 6.45) is 4.14. The van der Waals surface area contributed by atoms with Crippen LogP contribution in [0, 0.1) is 6.92 Å². The molecule has 2 N–H and O–H groups in total. The second kappa shape index (κ2) is 7.23. The minimum Gasteiger partial charge on any atom is -0.355 e. The number of imidazole rings is 1. The third kappa shape index (κ3) is 4.95. The zero-order chi connectivity index (χ0) is 11.6. The molecule has 1 amide bonds. The first-order chi connectivity index (χ1) is 7.83. The number of H-pyrrole nitrogens is 1. The van der Waals surface area contributed by atoms with E-state index in [1.165, 1.54) is 0 Å². The van der Waals surface area contributed by atoms with Gasteiger partial charge < -0.3 is 10.3 Å². The van der Waals surface area contributed by atoms with Gasteiger partial charge >= 0.3 is 0 Å². The first-order valence-electron chi connectivity index (χ1n) is 4.99. The van der Waals surface area contributed by atoms with Crippen LogP contribution in [0.1, 0.15) is 11.3 Å². The fourth-order valence-corrected chi connectivity index (χ4v) is 1.08. The van der Waals surface area contributed by atoms with Gasteiger partial charge in [-0.2, -0.15) is 0 Å². The summed E-state index contributed by atoms with van der Waals surface area (Å²) in [5.41, 5.74) is 2.23. The average molecular weight is 217 g/mol. The van der Waals surface area contributed by atoms with Crippen molar-refractivity contribution in [3.63, 3.8) is 0 Å². The predicted molar refractivity (Wildman–Crippen MR) is 62.7 cm³/mol. The lowest BCUT2D eigenvalue weighted by atomic mass is 10.2. The Morgan fingerprint density at radius 3 is 2.56 bits per heavy atom. The molecule has 0 fully saturated rings. The molecule has 0 atom stereocenters. The Labute approximate surface area is 94.7 Å². The second-order valence-electron chi connectivity index (χ2n) is 3.22. The molecule has 4 nitrogen and oxygen atoms in total. The van der Waals surface area contributed by atoms with Crippen LogP contribution in [0.3, 0.4) is 0 Å². The Morgan fingerprint density at radius 2 is 2.12 bits per heavy atom. The topological polar surface area (TPSA) is 57.8 Å². The Hall–Kier alpha value is -2.10. The van der Waals surface area contributed by atoms with Gasteiger partial charge in [0.05, 0.1) is 6.33 Å². The summed E-state index contributed by atoms with van der Waals surface area (Å²) in [5.74, 6) is 0. The Bertz CT molecular complexity index is 384. The molecule has 1 aromatic carbocycles. The van der Waals surface area contributed by atoms with E-state index in [9.17, 15) is 4.79 Å². The lowest BCUT2D eigenvalue weighted by Gasteiger charge is -1.96. The maximum atomic E-state index is 9.87. The van der Waals surface area contributed by atoms with Crippen LogP contribution in [0.15, 0.2) is 42.9 Å². The van der Waals surface area contributed by atoms with Crippen LogP contribution in [-0.2, 0) is 11.3 Å². The monoisotopic (exact) mass is 217 g/mol. The van der Waals surface area contributed by atoms with Crippen LogP contribution in [0.5, 0.6) is 0 Å². The number of hydrogen-bond acceptors (Lipinski definition) is 2. The predicted octanol–water partition coefficient (Wildman–Crippen LogP) is 1.65. The molecule has 0 aliphatic heterocycles. The number of hydrogen-bond donors (Lipinski definition) is 2. The van der Waals surface area contributed by atoms with E-state index in [2.05, 4.69) is 15.3 Å². The number of carbonyl (C=O) groups excluding carboxylic acids is 1. The van der Waals surface area contributed by atoms with Gasteiger partial charge in [0.15, 0.2) is 0 Å². The first kappa shape index (κ1) is 12.0. The standard InChI is InChI=1S/C8H9NO.C4H6N2/c10-7-9-6-8-4-2-1-3-5-8;1-4-2-5-3-6-4/h1-5,7H,6H2,(H,9,10);2-3H,1H3,(H,5,6). The molecule has 84 valence electrons. The zero-order valence-corrected chi connectivity index (χ0v) is 9.18. The minimum absolute atomic E-state index is 0.615. The van der Waals surface area contributed by atoms with Crippen LogP contribution < -0.4 is 5.32 Å². The third-order valence-corrected chi connectivity index (χ3v) is 1.87. The van der Waals surface area contributed by atoms with Crippen LogP contribution in [-0.4, -0.2) is 16.4 Å². The molecule has 0 unspecified atom stereocenters. The number of nitrogens with zero attached hydrogens (tertiary/aromatic N) is 1. The number of amides is 1. The van der Waals surface area contributed by atoms with Crippen molar-refractivity contribution in [2.24, 2.45) is 0 Å². The smallest absolute Gasteiger partial charge is 0.207 e. The van der Waals surface area contributed by atoms with Crippen molar-refractivity contribution < 1.29 is 4.79 Å². The highest BCUT2D eigenvalue weighted by molar-refractivity contribution is 5.46.